The van der Waals surface area contributed by atoms with Crippen molar-refractivity contribution in [2.24, 2.45) is 5.73 Å². The fraction of sp³-hybridized carbons (Fsp3) is 0.286. The Hall–Kier alpha value is -1.68. The summed E-state index contributed by atoms with van der Waals surface area (Å²) in [6.07, 6.45) is 1.63. The van der Waals surface area contributed by atoms with Crippen LogP contribution < -0.4 is 5.73 Å². The third-order valence-corrected chi connectivity index (χ3v) is 4.38. The Kier molecular flexibility index (Phi) is 4.90. The number of thiazole rings is 1. The van der Waals surface area contributed by atoms with Gasteiger partial charge in [0, 0.05) is 22.9 Å². The molecule has 0 radical (unpaired) electrons. The Morgan fingerprint density at radius 1 is 1.55 bits per heavy atom. The number of nitrogens with two attached hydrogens (primary N) is 1. The van der Waals surface area contributed by atoms with Crippen LogP contribution in [0.4, 0.5) is 0 Å². The number of rotatable bonds is 3. The number of amides is 1. The van der Waals surface area contributed by atoms with E-state index in [0.717, 1.165) is 15.4 Å². The van der Waals surface area contributed by atoms with Crippen LogP contribution in [0.3, 0.4) is 0 Å². The van der Waals surface area contributed by atoms with Gasteiger partial charge in [0.2, 0.25) is 0 Å². The molecule has 2 heterocycles. The monoisotopic (exact) mass is 305 g/mol. The molecule has 0 saturated heterocycles. The first-order chi connectivity index (χ1) is 9.60. The first-order valence-corrected chi connectivity index (χ1v) is 7.74. The fourth-order valence-corrected chi connectivity index (χ4v) is 3.28. The lowest BCUT2D eigenvalue weighted by atomic mass is 10.3. The zero-order valence-corrected chi connectivity index (χ0v) is 13.0. The van der Waals surface area contributed by atoms with Crippen molar-refractivity contribution in [3.63, 3.8) is 0 Å². The molecule has 0 aliphatic rings. The number of thiophene rings is 1. The Balaban J connectivity index is 2.02. The highest BCUT2D eigenvalue weighted by Gasteiger charge is 2.15. The van der Waals surface area contributed by atoms with Gasteiger partial charge in [0.1, 0.15) is 4.88 Å². The molecule has 2 N–H and O–H groups in total. The molecule has 0 saturated carbocycles. The van der Waals surface area contributed by atoms with Crippen molar-refractivity contribution in [2.45, 2.75) is 13.5 Å². The van der Waals surface area contributed by atoms with Crippen LogP contribution >= 0.6 is 22.7 Å². The minimum absolute atomic E-state index is 0.00130. The number of hydrogen-bond acceptors (Lipinski definition) is 5. The quantitative estimate of drug-likeness (QED) is 0.883. The minimum Gasteiger partial charge on any atom is -0.336 e. The standard InChI is InChI=1S/C14H15N3OS2/c1-10-16-7-13(20-10)14(18)17(2)8-12-6-11(9-19-12)4-3-5-15/h6-7,9H,5,8,15H2,1-2H3. The second kappa shape index (κ2) is 6.66. The molecule has 0 aliphatic heterocycles. The third-order valence-electron chi connectivity index (χ3n) is 2.56. The Bertz CT molecular complexity index is 663. The molecule has 6 heteroatoms. The van der Waals surface area contributed by atoms with E-state index in [-0.39, 0.29) is 5.91 Å². The molecule has 2 aromatic rings. The topological polar surface area (TPSA) is 59.2 Å². The van der Waals surface area contributed by atoms with Crippen molar-refractivity contribution in [1.29, 1.82) is 0 Å². The van der Waals surface area contributed by atoms with Crippen molar-refractivity contribution in [1.82, 2.24) is 9.88 Å². The molecule has 4 nitrogen and oxygen atoms in total. The average molecular weight is 305 g/mol. The fourth-order valence-electron chi connectivity index (χ4n) is 1.64. The number of carbonyl (C=O) groups is 1. The molecule has 0 aliphatic carbocycles. The van der Waals surface area contributed by atoms with Gasteiger partial charge >= 0.3 is 0 Å². The minimum atomic E-state index is -0.00130. The van der Waals surface area contributed by atoms with Crippen LogP contribution in [-0.4, -0.2) is 29.4 Å². The summed E-state index contributed by atoms with van der Waals surface area (Å²) in [5, 5.41) is 2.88. The van der Waals surface area contributed by atoms with Crippen LogP contribution in [0, 0.1) is 18.8 Å². The number of aryl methyl sites for hydroxylation is 1. The van der Waals surface area contributed by atoms with Gasteiger partial charge in [-0.2, -0.15) is 0 Å². The molecule has 0 spiro atoms. The summed E-state index contributed by atoms with van der Waals surface area (Å²) in [5.74, 6) is 5.80. The lowest BCUT2D eigenvalue weighted by molar-refractivity contribution is 0.0791. The molecular weight excluding hydrogens is 290 g/mol. The van der Waals surface area contributed by atoms with E-state index in [1.165, 1.54) is 11.3 Å². The summed E-state index contributed by atoms with van der Waals surface area (Å²) in [6.45, 7) is 2.82. The van der Waals surface area contributed by atoms with Crippen LogP contribution in [0.25, 0.3) is 0 Å². The van der Waals surface area contributed by atoms with Crippen LogP contribution in [-0.2, 0) is 6.54 Å². The predicted octanol–water partition coefficient (Wildman–Crippen LogP) is 2.10. The van der Waals surface area contributed by atoms with E-state index in [9.17, 15) is 4.79 Å². The summed E-state index contributed by atoms with van der Waals surface area (Å²) in [7, 11) is 1.79. The molecule has 20 heavy (non-hydrogen) atoms. The molecule has 2 rings (SSSR count). The van der Waals surface area contributed by atoms with Gasteiger partial charge in [-0.15, -0.1) is 22.7 Å². The van der Waals surface area contributed by atoms with Crippen LogP contribution in [0.5, 0.6) is 0 Å². The summed E-state index contributed by atoms with van der Waals surface area (Å²) in [4.78, 5) is 19.8. The molecular formula is C14H15N3OS2. The molecule has 0 fully saturated rings. The predicted molar refractivity (Wildman–Crippen MR) is 82.9 cm³/mol. The summed E-state index contributed by atoms with van der Waals surface area (Å²) < 4.78 is 0. The van der Waals surface area contributed by atoms with Gasteiger partial charge in [0.15, 0.2) is 0 Å². The van der Waals surface area contributed by atoms with E-state index < -0.39 is 0 Å². The Morgan fingerprint density at radius 3 is 3.00 bits per heavy atom. The largest absolute Gasteiger partial charge is 0.336 e. The zero-order valence-electron chi connectivity index (χ0n) is 11.3. The summed E-state index contributed by atoms with van der Waals surface area (Å²) >= 11 is 3.01. The van der Waals surface area contributed by atoms with E-state index in [1.807, 2.05) is 18.4 Å². The maximum Gasteiger partial charge on any atom is 0.265 e. The lowest BCUT2D eigenvalue weighted by Crippen LogP contribution is -2.24. The summed E-state index contributed by atoms with van der Waals surface area (Å²) in [5.41, 5.74) is 6.29. The summed E-state index contributed by atoms with van der Waals surface area (Å²) in [6, 6.07) is 2.00. The molecule has 0 bridgehead atoms. The number of hydrogen-bond donors (Lipinski definition) is 1. The Labute approximate surface area is 126 Å². The first kappa shape index (κ1) is 14.7. The lowest BCUT2D eigenvalue weighted by Gasteiger charge is -2.14. The van der Waals surface area contributed by atoms with Gasteiger partial charge in [-0.1, -0.05) is 11.8 Å². The third kappa shape index (κ3) is 3.67. The SMILES string of the molecule is Cc1ncc(C(=O)N(C)Cc2cc(C#CCN)cs2)s1. The van der Waals surface area contributed by atoms with Crippen molar-refractivity contribution in [3.05, 3.63) is 38.0 Å². The maximum atomic E-state index is 12.2. The number of nitrogens with zero attached hydrogens (tertiary/aromatic N) is 2. The molecule has 0 atom stereocenters. The van der Waals surface area contributed by atoms with Gasteiger partial charge in [0.25, 0.3) is 5.91 Å². The van der Waals surface area contributed by atoms with E-state index in [2.05, 4.69) is 16.8 Å². The normalized spacial score (nSPS) is 9.95. The van der Waals surface area contributed by atoms with Crippen LogP contribution in [0.2, 0.25) is 0 Å². The van der Waals surface area contributed by atoms with Gasteiger partial charge in [-0.3, -0.25) is 4.79 Å². The number of carbonyl (C=O) groups excluding carboxylic acids is 1. The van der Waals surface area contributed by atoms with Crippen molar-refractivity contribution >= 4 is 28.6 Å². The van der Waals surface area contributed by atoms with Gasteiger partial charge in [-0.25, -0.2) is 4.98 Å². The zero-order chi connectivity index (χ0) is 14.5. The highest BCUT2D eigenvalue weighted by atomic mass is 32.1. The van der Waals surface area contributed by atoms with Crippen molar-refractivity contribution in [2.75, 3.05) is 13.6 Å². The van der Waals surface area contributed by atoms with Gasteiger partial charge < -0.3 is 10.6 Å². The molecule has 1 amide bonds. The molecule has 0 aromatic carbocycles. The van der Waals surface area contributed by atoms with Crippen molar-refractivity contribution < 1.29 is 4.79 Å². The molecule has 0 unspecified atom stereocenters. The Morgan fingerprint density at radius 2 is 2.35 bits per heavy atom. The highest BCUT2D eigenvalue weighted by Crippen LogP contribution is 2.18. The highest BCUT2D eigenvalue weighted by molar-refractivity contribution is 7.13. The van der Waals surface area contributed by atoms with Gasteiger partial charge in [0.05, 0.1) is 24.3 Å². The number of aromatic nitrogens is 1. The van der Waals surface area contributed by atoms with Crippen LogP contribution in [0.15, 0.2) is 17.6 Å². The van der Waals surface area contributed by atoms with E-state index in [0.29, 0.717) is 18.0 Å². The van der Waals surface area contributed by atoms with Gasteiger partial charge in [-0.05, 0) is 13.0 Å². The van der Waals surface area contributed by atoms with E-state index >= 15 is 0 Å². The van der Waals surface area contributed by atoms with E-state index in [1.54, 1.807) is 29.5 Å². The first-order valence-electron chi connectivity index (χ1n) is 6.04. The second-order valence-electron chi connectivity index (χ2n) is 4.21. The molecule has 2 aromatic heterocycles. The second-order valence-corrected chi connectivity index (χ2v) is 6.44. The maximum absolute atomic E-state index is 12.2. The average Bonchev–Trinajstić information content (AvgIpc) is 3.04. The van der Waals surface area contributed by atoms with Crippen molar-refractivity contribution in [3.8, 4) is 11.8 Å². The smallest absolute Gasteiger partial charge is 0.265 e. The van der Waals surface area contributed by atoms with E-state index in [4.69, 9.17) is 5.73 Å². The van der Waals surface area contributed by atoms with Crippen LogP contribution in [0.1, 0.15) is 25.1 Å². The molecule has 104 valence electrons.